The summed E-state index contributed by atoms with van der Waals surface area (Å²) < 4.78 is 7.76. The van der Waals surface area contributed by atoms with E-state index in [1.54, 1.807) is 12.5 Å². The Balaban J connectivity index is 1.80. The van der Waals surface area contributed by atoms with Crippen LogP contribution in [0.1, 0.15) is 44.3 Å². The molecule has 0 fully saturated rings. The Morgan fingerprint density at radius 2 is 2.00 bits per heavy atom. The first-order valence-electron chi connectivity index (χ1n) is 8.90. The van der Waals surface area contributed by atoms with E-state index >= 15 is 0 Å². The van der Waals surface area contributed by atoms with Crippen LogP contribution in [0.3, 0.4) is 0 Å². The van der Waals surface area contributed by atoms with E-state index in [1.807, 2.05) is 29.0 Å². The van der Waals surface area contributed by atoms with Crippen LogP contribution in [0.15, 0.2) is 61.2 Å². The summed E-state index contributed by atoms with van der Waals surface area (Å²) >= 11 is 0. The summed E-state index contributed by atoms with van der Waals surface area (Å²) in [5.74, 6) is -0.133. The van der Waals surface area contributed by atoms with Gasteiger partial charge in [0.1, 0.15) is 6.10 Å². The first-order valence-corrected chi connectivity index (χ1v) is 8.90. The zero-order valence-corrected chi connectivity index (χ0v) is 14.6. The summed E-state index contributed by atoms with van der Waals surface area (Å²) in [6.45, 7) is 2.69. The summed E-state index contributed by atoms with van der Waals surface area (Å²) in [4.78, 5) is 16.3. The minimum absolute atomic E-state index is 0.133. The number of ether oxygens (including phenoxy) is 1. The molecule has 0 aliphatic rings. The number of rotatable bonds is 8. The van der Waals surface area contributed by atoms with E-state index in [1.165, 1.54) is 5.39 Å². The van der Waals surface area contributed by atoms with Crippen molar-refractivity contribution in [3.63, 3.8) is 0 Å². The van der Waals surface area contributed by atoms with Gasteiger partial charge in [0.2, 0.25) is 0 Å². The summed E-state index contributed by atoms with van der Waals surface area (Å²) in [7, 11) is 0. The van der Waals surface area contributed by atoms with E-state index in [-0.39, 0.29) is 12.1 Å². The van der Waals surface area contributed by atoms with Gasteiger partial charge in [0.15, 0.2) is 0 Å². The molecule has 3 aromatic rings. The number of hydrogen-bond acceptors (Lipinski definition) is 3. The number of carbonyl (C=O) groups is 1. The molecule has 0 spiro atoms. The molecule has 0 amide bonds. The van der Waals surface area contributed by atoms with Crippen molar-refractivity contribution in [2.75, 3.05) is 0 Å². The monoisotopic (exact) mass is 336 g/mol. The minimum atomic E-state index is -0.312. The fourth-order valence-electron chi connectivity index (χ4n) is 2.94. The van der Waals surface area contributed by atoms with Crippen LogP contribution in [-0.4, -0.2) is 15.5 Å². The van der Waals surface area contributed by atoms with Crippen LogP contribution in [0.5, 0.6) is 0 Å². The van der Waals surface area contributed by atoms with Gasteiger partial charge in [-0.3, -0.25) is 4.79 Å². The summed E-state index contributed by atoms with van der Waals surface area (Å²) in [5, 5.41) is 2.33. The molecule has 130 valence electrons. The van der Waals surface area contributed by atoms with Crippen LogP contribution >= 0.6 is 0 Å². The molecule has 2 aromatic carbocycles. The second kappa shape index (κ2) is 8.47. The van der Waals surface area contributed by atoms with E-state index in [4.69, 9.17) is 4.74 Å². The lowest BCUT2D eigenvalue weighted by atomic mass is 10.0. The van der Waals surface area contributed by atoms with Gasteiger partial charge in [-0.25, -0.2) is 4.98 Å². The van der Waals surface area contributed by atoms with Crippen LogP contribution in [0.25, 0.3) is 10.8 Å². The predicted molar refractivity (Wildman–Crippen MR) is 99.2 cm³/mol. The smallest absolute Gasteiger partial charge is 0.306 e. The third kappa shape index (κ3) is 4.69. The van der Waals surface area contributed by atoms with E-state index in [0.29, 0.717) is 13.0 Å². The van der Waals surface area contributed by atoms with Gasteiger partial charge in [-0.15, -0.1) is 0 Å². The minimum Gasteiger partial charge on any atom is -0.456 e. The number of unbranched alkanes of at least 4 members (excludes halogenated alkanes) is 2. The number of hydrogen-bond donors (Lipinski definition) is 0. The summed E-state index contributed by atoms with van der Waals surface area (Å²) in [6.07, 6.45) is 8.56. The molecule has 3 rings (SSSR count). The van der Waals surface area contributed by atoms with Gasteiger partial charge in [0.25, 0.3) is 0 Å². The zero-order chi connectivity index (χ0) is 17.5. The largest absolute Gasteiger partial charge is 0.456 e. The third-order valence-corrected chi connectivity index (χ3v) is 4.34. The average Bonchev–Trinajstić information content (AvgIpc) is 3.14. The number of fused-ring (bicyclic) bond motifs is 1. The Labute approximate surface area is 148 Å². The van der Waals surface area contributed by atoms with Crippen molar-refractivity contribution in [2.24, 2.45) is 0 Å². The number of carbonyl (C=O) groups excluding carboxylic acids is 1. The molecule has 0 saturated carbocycles. The number of aromatic nitrogens is 2. The molecule has 4 nitrogen and oxygen atoms in total. The molecule has 0 N–H and O–H groups in total. The Bertz CT molecular complexity index is 812. The molecule has 0 radical (unpaired) electrons. The maximum absolute atomic E-state index is 12.2. The average molecular weight is 336 g/mol. The number of imidazole rings is 1. The molecule has 1 heterocycles. The van der Waals surface area contributed by atoms with Gasteiger partial charge in [-0.05, 0) is 28.8 Å². The highest BCUT2D eigenvalue weighted by Gasteiger charge is 2.18. The van der Waals surface area contributed by atoms with E-state index in [9.17, 15) is 4.79 Å². The van der Waals surface area contributed by atoms with Crippen LogP contribution in [0.2, 0.25) is 0 Å². The maximum atomic E-state index is 12.2. The first-order chi connectivity index (χ1) is 12.3. The molecule has 25 heavy (non-hydrogen) atoms. The van der Waals surface area contributed by atoms with Gasteiger partial charge in [-0.2, -0.15) is 0 Å². The Morgan fingerprint density at radius 3 is 2.76 bits per heavy atom. The highest BCUT2D eigenvalue weighted by atomic mass is 16.5. The number of benzene rings is 2. The summed E-state index contributed by atoms with van der Waals surface area (Å²) in [6, 6.07) is 14.4. The van der Waals surface area contributed by atoms with Crippen LogP contribution in [-0.2, 0) is 16.1 Å². The molecule has 4 heteroatoms. The van der Waals surface area contributed by atoms with Crippen molar-refractivity contribution in [1.82, 2.24) is 9.55 Å². The van der Waals surface area contributed by atoms with Gasteiger partial charge in [-0.1, -0.05) is 56.2 Å². The fourth-order valence-corrected chi connectivity index (χ4v) is 2.94. The molecule has 0 aliphatic carbocycles. The van der Waals surface area contributed by atoms with Crippen molar-refractivity contribution in [3.05, 3.63) is 66.7 Å². The number of esters is 1. The maximum Gasteiger partial charge on any atom is 0.306 e. The van der Waals surface area contributed by atoms with Gasteiger partial charge < -0.3 is 9.30 Å². The van der Waals surface area contributed by atoms with Crippen molar-refractivity contribution in [1.29, 1.82) is 0 Å². The predicted octanol–water partition coefficient (Wildman–Crippen LogP) is 4.90. The lowest BCUT2D eigenvalue weighted by molar-refractivity contribution is -0.150. The molecule has 1 unspecified atom stereocenters. The van der Waals surface area contributed by atoms with E-state index in [0.717, 1.165) is 30.2 Å². The molecular formula is C21H24N2O2. The Morgan fingerprint density at radius 1 is 1.16 bits per heavy atom. The molecule has 0 aliphatic heterocycles. The van der Waals surface area contributed by atoms with Crippen LogP contribution in [0, 0.1) is 0 Å². The van der Waals surface area contributed by atoms with E-state index < -0.39 is 0 Å². The van der Waals surface area contributed by atoms with Crippen molar-refractivity contribution < 1.29 is 9.53 Å². The van der Waals surface area contributed by atoms with Gasteiger partial charge in [0.05, 0.1) is 12.9 Å². The zero-order valence-electron chi connectivity index (χ0n) is 14.6. The highest BCUT2D eigenvalue weighted by Crippen LogP contribution is 2.25. The standard InChI is InChI=1S/C21H24N2O2/c1-2-3-4-9-21(24)25-20(15-23-13-12-22-16-23)19-11-10-17-7-5-6-8-18(17)14-19/h5-8,10-14,16,20H,2-4,9,15H2,1H3. The lowest BCUT2D eigenvalue weighted by Crippen LogP contribution is -2.16. The molecule has 0 saturated heterocycles. The van der Waals surface area contributed by atoms with E-state index in [2.05, 4.69) is 36.2 Å². The third-order valence-electron chi connectivity index (χ3n) is 4.34. The molecular weight excluding hydrogens is 312 g/mol. The van der Waals surface area contributed by atoms with Crippen LogP contribution in [0.4, 0.5) is 0 Å². The van der Waals surface area contributed by atoms with Gasteiger partial charge >= 0.3 is 5.97 Å². The number of nitrogens with zero attached hydrogens (tertiary/aromatic N) is 2. The van der Waals surface area contributed by atoms with Crippen molar-refractivity contribution in [2.45, 2.75) is 45.3 Å². The summed E-state index contributed by atoms with van der Waals surface area (Å²) in [5.41, 5.74) is 1.01. The fraction of sp³-hybridized carbons (Fsp3) is 0.333. The normalized spacial score (nSPS) is 12.2. The Kier molecular flexibility index (Phi) is 5.83. The SMILES string of the molecule is CCCCCC(=O)OC(Cn1ccnc1)c1ccc2ccccc2c1. The quantitative estimate of drug-likeness (QED) is 0.434. The Hall–Kier alpha value is -2.62. The van der Waals surface area contributed by atoms with Crippen molar-refractivity contribution >= 4 is 16.7 Å². The molecule has 0 bridgehead atoms. The lowest BCUT2D eigenvalue weighted by Gasteiger charge is -2.19. The van der Waals surface area contributed by atoms with Crippen LogP contribution < -0.4 is 0 Å². The molecule has 1 atom stereocenters. The second-order valence-electron chi connectivity index (χ2n) is 6.30. The molecule has 1 aromatic heterocycles. The second-order valence-corrected chi connectivity index (χ2v) is 6.30. The topological polar surface area (TPSA) is 44.1 Å². The van der Waals surface area contributed by atoms with Crippen molar-refractivity contribution in [3.8, 4) is 0 Å². The van der Waals surface area contributed by atoms with Gasteiger partial charge in [0, 0.05) is 18.8 Å². The highest BCUT2D eigenvalue weighted by molar-refractivity contribution is 5.83. The first kappa shape index (κ1) is 17.2.